The lowest BCUT2D eigenvalue weighted by Gasteiger charge is -2.70. The van der Waals surface area contributed by atoms with Crippen LogP contribution in [0, 0.1) is 52.3 Å². The van der Waals surface area contributed by atoms with Gasteiger partial charge in [0.05, 0.1) is 5.54 Å². The molecule has 0 bridgehead atoms. The van der Waals surface area contributed by atoms with E-state index in [0.717, 1.165) is 51.4 Å². The van der Waals surface area contributed by atoms with Crippen LogP contribution in [0.2, 0.25) is 0 Å². The van der Waals surface area contributed by atoms with E-state index in [9.17, 15) is 14.4 Å². The summed E-state index contributed by atoms with van der Waals surface area (Å²) in [5.41, 5.74) is 1.98. The zero-order valence-corrected chi connectivity index (χ0v) is 27.7. The van der Waals surface area contributed by atoms with Crippen LogP contribution in [0.25, 0.3) is 0 Å². The van der Waals surface area contributed by atoms with Crippen molar-refractivity contribution in [2.75, 3.05) is 0 Å². The number of carbonyl (C=O) groups excluding carboxylic acids is 3. The topological polar surface area (TPSA) is 111 Å². The van der Waals surface area contributed by atoms with Crippen molar-refractivity contribution in [1.82, 2.24) is 15.5 Å². The summed E-state index contributed by atoms with van der Waals surface area (Å²) < 4.78 is 11.4. The molecule has 0 spiro atoms. The second-order valence-corrected chi connectivity index (χ2v) is 16.3. The first-order valence-corrected chi connectivity index (χ1v) is 16.6. The molecule has 0 aromatic carbocycles. The fourth-order valence-corrected chi connectivity index (χ4v) is 11.7. The van der Waals surface area contributed by atoms with Gasteiger partial charge in [-0.05, 0) is 90.9 Å². The number of aryl methyl sites for hydroxylation is 1. The summed E-state index contributed by atoms with van der Waals surface area (Å²) in [7, 11) is 0. The van der Waals surface area contributed by atoms with Gasteiger partial charge in [0.15, 0.2) is 0 Å². The Morgan fingerprint density at radius 3 is 2.33 bits per heavy atom. The average Bonchev–Trinajstić information content (AvgIpc) is 3.46. The van der Waals surface area contributed by atoms with Gasteiger partial charge < -0.3 is 14.5 Å². The molecule has 8 heteroatoms. The van der Waals surface area contributed by atoms with Crippen LogP contribution in [0.1, 0.15) is 130 Å². The molecule has 1 aromatic heterocycles. The second kappa shape index (κ2) is 9.74. The normalized spacial score (nSPS) is 41.7. The Bertz CT molecular complexity index is 1390. The molecule has 1 heterocycles. The zero-order chi connectivity index (χ0) is 31.3. The Morgan fingerprint density at radius 1 is 0.977 bits per heavy atom. The fourth-order valence-electron chi connectivity index (χ4n) is 11.7. The molecule has 5 aliphatic rings. The standard InChI is InChI=1S/C35H51N3O5/c1-19(2)27-23(40)18-35(36-29(41)30-38-37-20(3)42-30)17-16-33(8)22(28(27)35)10-11-25-32(7)14-13-26(43-21(4)39)31(5,6)24(32)12-15-34(25,33)9/h19,24-27H,10-18H2,1-9H3,(H,36,41)/t24-,25+,26-,27?,32-,33+,34+,35+/m0/s1. The molecule has 6 rings (SSSR count). The van der Waals surface area contributed by atoms with Gasteiger partial charge in [0.2, 0.25) is 5.89 Å². The number of ketones is 1. The van der Waals surface area contributed by atoms with E-state index >= 15 is 0 Å². The number of rotatable bonds is 4. The molecule has 0 saturated heterocycles. The highest BCUT2D eigenvalue weighted by atomic mass is 16.5. The molecule has 43 heavy (non-hydrogen) atoms. The number of aromatic nitrogens is 2. The van der Waals surface area contributed by atoms with Gasteiger partial charge in [0.25, 0.3) is 0 Å². The zero-order valence-electron chi connectivity index (χ0n) is 27.7. The minimum Gasteiger partial charge on any atom is -0.462 e. The molecule has 1 aromatic rings. The van der Waals surface area contributed by atoms with Gasteiger partial charge in [-0.15, -0.1) is 10.2 Å². The Hall–Kier alpha value is -2.51. The van der Waals surface area contributed by atoms with Crippen LogP contribution < -0.4 is 5.32 Å². The van der Waals surface area contributed by atoms with Gasteiger partial charge >= 0.3 is 17.8 Å². The molecule has 8 nitrogen and oxygen atoms in total. The van der Waals surface area contributed by atoms with E-state index in [1.165, 1.54) is 18.1 Å². The summed E-state index contributed by atoms with van der Waals surface area (Å²) >= 11 is 0. The van der Waals surface area contributed by atoms with Crippen molar-refractivity contribution < 1.29 is 23.5 Å². The smallest absolute Gasteiger partial charge is 0.309 e. The Morgan fingerprint density at radius 2 is 1.70 bits per heavy atom. The van der Waals surface area contributed by atoms with Gasteiger partial charge in [0, 0.05) is 31.6 Å². The molecule has 236 valence electrons. The summed E-state index contributed by atoms with van der Waals surface area (Å²) in [4.78, 5) is 39.2. The van der Waals surface area contributed by atoms with Gasteiger partial charge in [-0.1, -0.05) is 54.0 Å². The van der Waals surface area contributed by atoms with Crippen LogP contribution in [0.15, 0.2) is 15.6 Å². The van der Waals surface area contributed by atoms with E-state index in [1.807, 2.05) is 0 Å². The second-order valence-electron chi connectivity index (χ2n) is 16.3. The van der Waals surface area contributed by atoms with E-state index in [-0.39, 0.29) is 63.2 Å². The summed E-state index contributed by atoms with van der Waals surface area (Å²) in [5.74, 6) is 0.939. The molecule has 1 N–H and O–H groups in total. The van der Waals surface area contributed by atoms with E-state index < -0.39 is 5.54 Å². The van der Waals surface area contributed by atoms with Crippen molar-refractivity contribution in [3.8, 4) is 0 Å². The lowest BCUT2D eigenvalue weighted by molar-refractivity contribution is -0.212. The van der Waals surface area contributed by atoms with E-state index in [4.69, 9.17) is 9.15 Å². The van der Waals surface area contributed by atoms with Crippen molar-refractivity contribution in [3.05, 3.63) is 22.9 Å². The lowest BCUT2D eigenvalue weighted by atomic mass is 9.34. The highest BCUT2D eigenvalue weighted by Crippen LogP contribution is 2.75. The summed E-state index contributed by atoms with van der Waals surface area (Å²) in [5, 5.41) is 11.1. The van der Waals surface area contributed by atoms with Crippen molar-refractivity contribution in [1.29, 1.82) is 0 Å². The highest BCUT2D eigenvalue weighted by Gasteiger charge is 2.69. The fraction of sp³-hybridized carbons (Fsp3) is 0.800. The largest absolute Gasteiger partial charge is 0.462 e. The maximum atomic E-state index is 13.8. The van der Waals surface area contributed by atoms with Crippen LogP contribution in [0.3, 0.4) is 0 Å². The Labute approximate surface area is 256 Å². The number of allylic oxidation sites excluding steroid dienone is 1. The monoisotopic (exact) mass is 593 g/mol. The first-order chi connectivity index (χ1) is 20.0. The predicted octanol–water partition coefficient (Wildman–Crippen LogP) is 6.77. The third-order valence-corrected chi connectivity index (χ3v) is 13.7. The molecule has 1 amide bonds. The average molecular weight is 594 g/mol. The number of nitrogens with zero attached hydrogens (tertiary/aromatic N) is 2. The number of ether oxygens (including phenoxy) is 1. The first-order valence-electron chi connectivity index (χ1n) is 16.6. The van der Waals surface area contributed by atoms with Crippen LogP contribution >= 0.6 is 0 Å². The summed E-state index contributed by atoms with van der Waals surface area (Å²) in [6.45, 7) is 19.7. The number of Topliss-reactive ketones (excluding diaryl/α,β-unsaturated/α-hetero) is 1. The predicted molar refractivity (Wildman–Crippen MR) is 162 cm³/mol. The quantitative estimate of drug-likeness (QED) is 0.303. The van der Waals surface area contributed by atoms with Crippen LogP contribution in [-0.2, 0) is 14.3 Å². The van der Waals surface area contributed by atoms with Crippen molar-refractivity contribution in [3.63, 3.8) is 0 Å². The number of amides is 1. The first kappa shape index (κ1) is 30.5. The number of hydrogen-bond donors (Lipinski definition) is 1. The highest BCUT2D eigenvalue weighted by molar-refractivity contribution is 5.95. The maximum absolute atomic E-state index is 13.8. The Balaban J connectivity index is 1.41. The minimum atomic E-state index is -0.700. The van der Waals surface area contributed by atoms with Crippen LogP contribution in [0.4, 0.5) is 0 Å². The van der Waals surface area contributed by atoms with Crippen molar-refractivity contribution >= 4 is 17.7 Å². The molecule has 0 radical (unpaired) electrons. The Kier molecular flexibility index (Phi) is 6.91. The molecular formula is C35H51N3O5. The molecule has 4 fully saturated rings. The lowest BCUT2D eigenvalue weighted by Crippen LogP contribution is -2.65. The number of nitrogens with one attached hydrogen (secondary N) is 1. The van der Waals surface area contributed by atoms with E-state index in [1.54, 1.807) is 6.92 Å². The third-order valence-electron chi connectivity index (χ3n) is 13.7. The number of carbonyl (C=O) groups is 3. The van der Waals surface area contributed by atoms with Crippen molar-refractivity contribution in [2.24, 2.45) is 45.3 Å². The molecule has 1 unspecified atom stereocenters. The van der Waals surface area contributed by atoms with E-state index in [0.29, 0.717) is 24.1 Å². The SMILES string of the molecule is CC(=O)O[C@H]1CC[C@]2(C)[C@H]3CCC4=C5C(C(C)C)C(=O)C[C@]5(NC(=O)c5nnc(C)o5)CC[C@@]4(C)[C@]3(C)CC[C@H]2C1(C)C. The van der Waals surface area contributed by atoms with Gasteiger partial charge in [-0.3, -0.25) is 14.4 Å². The number of hydrogen-bond acceptors (Lipinski definition) is 7. The molecule has 5 aliphatic carbocycles. The van der Waals surface area contributed by atoms with Gasteiger partial charge in [-0.25, -0.2) is 0 Å². The summed E-state index contributed by atoms with van der Waals surface area (Å²) in [6, 6.07) is 0. The van der Waals surface area contributed by atoms with Gasteiger partial charge in [-0.2, -0.15) is 0 Å². The molecule has 4 saturated carbocycles. The number of fused-ring (bicyclic) bond motifs is 6. The van der Waals surface area contributed by atoms with Gasteiger partial charge in [0.1, 0.15) is 11.9 Å². The summed E-state index contributed by atoms with van der Waals surface area (Å²) in [6.07, 6.45) is 8.19. The van der Waals surface area contributed by atoms with Crippen LogP contribution in [0.5, 0.6) is 0 Å². The number of esters is 1. The minimum absolute atomic E-state index is 0.0397. The molecule has 8 atom stereocenters. The van der Waals surface area contributed by atoms with Crippen LogP contribution in [-0.4, -0.2) is 39.5 Å². The molecule has 0 aliphatic heterocycles. The third kappa shape index (κ3) is 4.16. The maximum Gasteiger partial charge on any atom is 0.309 e. The van der Waals surface area contributed by atoms with E-state index in [2.05, 4.69) is 64.0 Å². The molecular weight excluding hydrogens is 542 g/mol. The van der Waals surface area contributed by atoms with Crippen molar-refractivity contribution in [2.45, 2.75) is 132 Å².